The number of halogens is 2. The molecule has 8 heteroatoms. The van der Waals surface area contributed by atoms with E-state index < -0.39 is 18.0 Å². The predicted molar refractivity (Wildman–Crippen MR) is 124 cm³/mol. The van der Waals surface area contributed by atoms with Gasteiger partial charge in [-0.2, -0.15) is 0 Å². The van der Waals surface area contributed by atoms with Crippen LogP contribution in [0, 0.1) is 0 Å². The van der Waals surface area contributed by atoms with Crippen molar-refractivity contribution in [2.75, 3.05) is 5.32 Å². The topological polar surface area (TPSA) is 81.4 Å². The third kappa shape index (κ3) is 4.47. The van der Waals surface area contributed by atoms with E-state index in [1.54, 1.807) is 55.5 Å². The molecule has 0 aliphatic heterocycles. The van der Waals surface area contributed by atoms with Crippen LogP contribution in [0.15, 0.2) is 71.1 Å². The van der Waals surface area contributed by atoms with Crippen molar-refractivity contribution in [2.45, 2.75) is 19.4 Å². The highest BCUT2D eigenvalue weighted by molar-refractivity contribution is 6.44. The van der Waals surface area contributed by atoms with Crippen LogP contribution in [0.4, 0.5) is 5.69 Å². The van der Waals surface area contributed by atoms with Crippen LogP contribution in [0.1, 0.15) is 23.7 Å². The molecule has 0 saturated carbocycles. The maximum absolute atomic E-state index is 13.0. The van der Waals surface area contributed by atoms with Crippen LogP contribution < -0.4 is 5.32 Å². The van der Waals surface area contributed by atoms with Crippen molar-refractivity contribution >= 4 is 51.9 Å². The van der Waals surface area contributed by atoms with Crippen molar-refractivity contribution in [1.82, 2.24) is 4.98 Å². The molecule has 3 aromatic carbocycles. The Morgan fingerprint density at radius 3 is 2.56 bits per heavy atom. The number of fused-ring (bicyclic) bond motifs is 1. The highest BCUT2D eigenvalue weighted by Crippen LogP contribution is 2.30. The van der Waals surface area contributed by atoms with Gasteiger partial charge >= 0.3 is 5.97 Å². The van der Waals surface area contributed by atoms with E-state index in [2.05, 4.69) is 10.3 Å². The molecule has 0 spiro atoms. The zero-order chi connectivity index (χ0) is 22.7. The van der Waals surface area contributed by atoms with E-state index in [1.807, 2.05) is 18.2 Å². The number of benzene rings is 3. The first-order valence-electron chi connectivity index (χ1n) is 9.88. The lowest BCUT2D eigenvalue weighted by Crippen LogP contribution is -2.32. The summed E-state index contributed by atoms with van der Waals surface area (Å²) < 4.78 is 11.3. The fraction of sp³-hybridized carbons (Fsp3) is 0.125. The highest BCUT2D eigenvalue weighted by atomic mass is 35.5. The average molecular weight is 469 g/mol. The molecule has 0 saturated heterocycles. The number of hydrogen-bond acceptors (Lipinski definition) is 5. The molecule has 0 aliphatic carbocycles. The van der Waals surface area contributed by atoms with E-state index in [0.29, 0.717) is 33.3 Å². The molecule has 4 aromatic rings. The lowest BCUT2D eigenvalue weighted by atomic mass is 10.1. The van der Waals surface area contributed by atoms with Crippen LogP contribution in [0.25, 0.3) is 22.6 Å². The molecule has 0 fully saturated rings. The minimum absolute atomic E-state index is 0.213. The monoisotopic (exact) mass is 468 g/mol. The molecule has 1 atom stereocenters. The lowest BCUT2D eigenvalue weighted by Gasteiger charge is -2.17. The number of anilines is 1. The average Bonchev–Trinajstić information content (AvgIpc) is 3.24. The standard InChI is InChI=1S/C24H18Cl2N2O4/c1-2-19(22(29)27-18-12-7-10-16(25)21(18)26)32-24(30)15-9-4-3-8-14(15)23-28-17-11-5-6-13-20(17)31-23/h3-13,19H,2H2,1H3,(H,27,29). The number of oxazole rings is 1. The number of aromatic nitrogens is 1. The van der Waals surface area contributed by atoms with Crippen LogP contribution in [0.3, 0.4) is 0 Å². The van der Waals surface area contributed by atoms with E-state index in [4.69, 9.17) is 32.4 Å². The van der Waals surface area contributed by atoms with Crippen molar-refractivity contribution < 1.29 is 18.7 Å². The SMILES string of the molecule is CCC(OC(=O)c1ccccc1-c1nc2ccccc2o1)C(=O)Nc1cccc(Cl)c1Cl. The summed E-state index contributed by atoms with van der Waals surface area (Å²) in [5.74, 6) is -0.881. The Kier molecular flexibility index (Phi) is 6.44. The first-order chi connectivity index (χ1) is 15.5. The number of rotatable bonds is 6. The van der Waals surface area contributed by atoms with Gasteiger partial charge in [-0.25, -0.2) is 9.78 Å². The van der Waals surface area contributed by atoms with Gasteiger partial charge in [-0.1, -0.05) is 60.5 Å². The zero-order valence-corrected chi connectivity index (χ0v) is 18.5. The third-order valence-corrected chi connectivity index (χ3v) is 5.61. The van der Waals surface area contributed by atoms with Crippen LogP contribution in [-0.2, 0) is 9.53 Å². The molecular formula is C24H18Cl2N2O4. The Labute approximate surface area is 194 Å². The van der Waals surface area contributed by atoms with Crippen molar-refractivity contribution in [2.24, 2.45) is 0 Å². The van der Waals surface area contributed by atoms with E-state index in [9.17, 15) is 9.59 Å². The number of ether oxygens (including phenoxy) is 1. The van der Waals surface area contributed by atoms with Gasteiger partial charge in [0.25, 0.3) is 5.91 Å². The second-order valence-electron chi connectivity index (χ2n) is 6.93. The van der Waals surface area contributed by atoms with Gasteiger partial charge in [-0.3, -0.25) is 4.79 Å². The Hall–Kier alpha value is -3.35. The van der Waals surface area contributed by atoms with Crippen LogP contribution in [0.2, 0.25) is 10.0 Å². The fourth-order valence-electron chi connectivity index (χ4n) is 3.16. The number of carbonyl (C=O) groups excluding carboxylic acids is 2. The van der Waals surface area contributed by atoms with E-state index in [1.165, 1.54) is 0 Å². The van der Waals surface area contributed by atoms with Gasteiger partial charge in [0.05, 0.1) is 26.9 Å². The molecule has 1 heterocycles. The summed E-state index contributed by atoms with van der Waals surface area (Å²) in [5, 5.41) is 3.18. The summed E-state index contributed by atoms with van der Waals surface area (Å²) in [6.07, 6.45) is -0.768. The first kappa shape index (κ1) is 21.9. The van der Waals surface area contributed by atoms with E-state index in [-0.39, 0.29) is 17.0 Å². The minimum Gasteiger partial charge on any atom is -0.449 e. The Balaban J connectivity index is 1.56. The predicted octanol–water partition coefficient (Wildman–Crippen LogP) is 6.38. The summed E-state index contributed by atoms with van der Waals surface area (Å²) in [7, 11) is 0. The Morgan fingerprint density at radius 2 is 1.78 bits per heavy atom. The Bertz CT molecular complexity index is 1270. The van der Waals surface area contributed by atoms with Crippen LogP contribution in [-0.4, -0.2) is 23.0 Å². The summed E-state index contributed by atoms with van der Waals surface area (Å²) in [6, 6.07) is 19.0. The number of esters is 1. The molecule has 0 radical (unpaired) electrons. The minimum atomic E-state index is -1.03. The maximum Gasteiger partial charge on any atom is 0.339 e. The maximum atomic E-state index is 13.0. The second kappa shape index (κ2) is 9.42. The molecule has 1 aromatic heterocycles. The lowest BCUT2D eigenvalue weighted by molar-refractivity contribution is -0.124. The fourth-order valence-corrected chi connectivity index (χ4v) is 3.51. The summed E-state index contributed by atoms with van der Waals surface area (Å²) in [6.45, 7) is 1.74. The number of carbonyl (C=O) groups is 2. The van der Waals surface area contributed by atoms with Gasteiger partial charge in [0.2, 0.25) is 5.89 Å². The van der Waals surface area contributed by atoms with Gasteiger partial charge in [-0.15, -0.1) is 0 Å². The summed E-state index contributed by atoms with van der Waals surface area (Å²) in [5.41, 5.74) is 2.34. The van der Waals surface area contributed by atoms with Crippen LogP contribution >= 0.6 is 23.2 Å². The summed E-state index contributed by atoms with van der Waals surface area (Å²) in [4.78, 5) is 30.2. The summed E-state index contributed by atoms with van der Waals surface area (Å²) >= 11 is 12.1. The van der Waals surface area contributed by atoms with Crippen molar-refractivity contribution in [3.63, 3.8) is 0 Å². The van der Waals surface area contributed by atoms with Crippen molar-refractivity contribution in [3.8, 4) is 11.5 Å². The van der Waals surface area contributed by atoms with Gasteiger partial charge in [0, 0.05) is 0 Å². The molecule has 0 aliphatic rings. The molecule has 6 nitrogen and oxygen atoms in total. The number of nitrogens with one attached hydrogen (secondary N) is 1. The zero-order valence-electron chi connectivity index (χ0n) is 17.0. The molecule has 32 heavy (non-hydrogen) atoms. The quantitative estimate of drug-likeness (QED) is 0.332. The Morgan fingerprint density at radius 1 is 1.03 bits per heavy atom. The van der Waals surface area contributed by atoms with Gasteiger partial charge in [-0.05, 0) is 42.8 Å². The molecule has 1 amide bonds. The van der Waals surface area contributed by atoms with Gasteiger partial charge in [0.15, 0.2) is 11.7 Å². The molecule has 4 rings (SSSR count). The van der Waals surface area contributed by atoms with Gasteiger partial charge < -0.3 is 14.5 Å². The number of amides is 1. The largest absolute Gasteiger partial charge is 0.449 e. The molecule has 1 unspecified atom stereocenters. The smallest absolute Gasteiger partial charge is 0.339 e. The molecule has 0 bridgehead atoms. The normalized spacial score (nSPS) is 11.8. The number of nitrogens with zero attached hydrogens (tertiary/aromatic N) is 1. The molecular weight excluding hydrogens is 451 g/mol. The second-order valence-corrected chi connectivity index (χ2v) is 7.71. The highest BCUT2D eigenvalue weighted by Gasteiger charge is 2.25. The van der Waals surface area contributed by atoms with Crippen molar-refractivity contribution in [3.05, 3.63) is 82.3 Å². The number of hydrogen-bond donors (Lipinski definition) is 1. The third-order valence-electron chi connectivity index (χ3n) is 4.79. The van der Waals surface area contributed by atoms with Gasteiger partial charge in [0.1, 0.15) is 5.52 Å². The van der Waals surface area contributed by atoms with Crippen molar-refractivity contribution in [1.29, 1.82) is 0 Å². The van der Waals surface area contributed by atoms with E-state index >= 15 is 0 Å². The first-order valence-corrected chi connectivity index (χ1v) is 10.6. The van der Waals surface area contributed by atoms with Crippen LogP contribution in [0.5, 0.6) is 0 Å². The molecule has 1 N–H and O–H groups in total. The molecule has 162 valence electrons. The van der Waals surface area contributed by atoms with E-state index in [0.717, 1.165) is 0 Å². The number of para-hydroxylation sites is 2.